The zero-order chi connectivity index (χ0) is 8.97. The van der Waals surface area contributed by atoms with Gasteiger partial charge in [0.05, 0.1) is 11.8 Å². The number of rotatable bonds is 3. The smallest absolute Gasteiger partial charge is 0.189 e. The van der Waals surface area contributed by atoms with Crippen LogP contribution in [0.1, 0.15) is 13.3 Å². The fourth-order valence-electron chi connectivity index (χ4n) is 1.02. The summed E-state index contributed by atoms with van der Waals surface area (Å²) < 4.78 is 16.4. The van der Waals surface area contributed by atoms with Crippen molar-refractivity contribution < 1.29 is 9.13 Å². The van der Waals surface area contributed by atoms with E-state index in [-0.39, 0.29) is 12.1 Å². The number of halogens is 1. The van der Waals surface area contributed by atoms with Crippen molar-refractivity contribution in [3.8, 4) is 0 Å². The predicted molar refractivity (Wildman–Crippen MR) is 45.7 cm³/mol. The van der Waals surface area contributed by atoms with Crippen LogP contribution >= 0.6 is 0 Å². The zero-order valence-electron chi connectivity index (χ0n) is 7.03. The summed E-state index contributed by atoms with van der Waals surface area (Å²) >= 11 is 0. The molecule has 4 heteroatoms. The van der Waals surface area contributed by atoms with Crippen molar-refractivity contribution >= 4 is 6.21 Å². The Morgan fingerprint density at radius 1 is 1.92 bits per heavy atom. The first kappa shape index (κ1) is 9.35. The molecule has 0 aromatic carbocycles. The number of nitrogens with zero attached hydrogens (tertiary/aromatic N) is 1. The molecule has 0 aliphatic carbocycles. The van der Waals surface area contributed by atoms with Gasteiger partial charge in [-0.1, -0.05) is 6.08 Å². The number of nitrogens with two attached hydrogens (primary N) is 1. The Labute approximate surface area is 71.1 Å². The number of hydrogen-bond acceptors (Lipinski definition) is 3. The zero-order valence-corrected chi connectivity index (χ0v) is 7.03. The highest BCUT2D eigenvalue weighted by molar-refractivity contribution is 5.66. The summed E-state index contributed by atoms with van der Waals surface area (Å²) in [5.41, 5.74) is 6.43. The molecule has 1 aliphatic rings. The van der Waals surface area contributed by atoms with Gasteiger partial charge in [-0.25, -0.2) is 4.39 Å². The normalized spacial score (nSPS) is 25.2. The summed E-state index contributed by atoms with van der Waals surface area (Å²) in [6, 6.07) is -0.0624. The molecule has 1 rings (SSSR count). The third-order valence-corrected chi connectivity index (χ3v) is 1.69. The molecule has 3 nitrogen and oxygen atoms in total. The highest BCUT2D eigenvalue weighted by Gasteiger charge is 2.11. The second-order valence-corrected chi connectivity index (χ2v) is 2.75. The van der Waals surface area contributed by atoms with E-state index in [4.69, 9.17) is 10.5 Å². The van der Waals surface area contributed by atoms with E-state index in [1.807, 2.05) is 13.0 Å². The molecule has 68 valence electrons. The summed E-state index contributed by atoms with van der Waals surface area (Å²) in [4.78, 5) is 4.05. The van der Waals surface area contributed by atoms with Gasteiger partial charge in [0.25, 0.3) is 0 Å². The van der Waals surface area contributed by atoms with E-state index in [9.17, 15) is 4.39 Å². The molecule has 0 bridgehead atoms. The molecule has 0 radical (unpaired) electrons. The fourth-order valence-corrected chi connectivity index (χ4v) is 1.02. The van der Waals surface area contributed by atoms with E-state index in [0.29, 0.717) is 6.42 Å². The molecule has 0 aromatic heterocycles. The second kappa shape index (κ2) is 4.33. The van der Waals surface area contributed by atoms with Crippen LogP contribution in [-0.2, 0) is 4.74 Å². The molecule has 0 aromatic rings. The minimum atomic E-state index is -0.766. The maximum absolute atomic E-state index is 11.7. The molecule has 0 saturated carbocycles. The van der Waals surface area contributed by atoms with Crippen LogP contribution in [0.2, 0.25) is 0 Å². The Morgan fingerprint density at radius 2 is 2.67 bits per heavy atom. The van der Waals surface area contributed by atoms with Crippen molar-refractivity contribution in [2.24, 2.45) is 10.7 Å². The van der Waals surface area contributed by atoms with Gasteiger partial charge in [0.15, 0.2) is 6.86 Å². The van der Waals surface area contributed by atoms with Crippen molar-refractivity contribution in [3.05, 3.63) is 11.8 Å². The highest BCUT2D eigenvalue weighted by atomic mass is 19.1. The van der Waals surface area contributed by atoms with Crippen LogP contribution in [0.3, 0.4) is 0 Å². The number of alkyl halides is 1. The molecule has 2 atom stereocenters. The van der Waals surface area contributed by atoms with Crippen LogP contribution in [0.15, 0.2) is 16.8 Å². The summed E-state index contributed by atoms with van der Waals surface area (Å²) in [5.74, 6) is 0. The summed E-state index contributed by atoms with van der Waals surface area (Å²) in [7, 11) is 0. The van der Waals surface area contributed by atoms with Gasteiger partial charge < -0.3 is 10.5 Å². The van der Waals surface area contributed by atoms with Crippen molar-refractivity contribution in [1.82, 2.24) is 0 Å². The van der Waals surface area contributed by atoms with Crippen molar-refractivity contribution in [3.63, 3.8) is 0 Å². The Kier molecular flexibility index (Phi) is 3.37. The minimum absolute atomic E-state index is 0.0624. The Morgan fingerprint density at radius 3 is 3.08 bits per heavy atom. The average Bonchev–Trinajstić information content (AvgIpc) is 2.06. The van der Waals surface area contributed by atoms with Crippen LogP contribution in [0, 0.1) is 0 Å². The Bertz CT molecular complexity index is 201. The molecule has 12 heavy (non-hydrogen) atoms. The quantitative estimate of drug-likeness (QED) is 0.690. The van der Waals surface area contributed by atoms with Crippen LogP contribution in [0.4, 0.5) is 4.39 Å². The van der Waals surface area contributed by atoms with E-state index < -0.39 is 6.86 Å². The number of hydrogen-bond donors (Lipinski definition) is 1. The Balaban J connectivity index is 2.44. The van der Waals surface area contributed by atoms with E-state index in [2.05, 4.69) is 4.99 Å². The Hall–Kier alpha value is -0.740. The first-order valence-corrected chi connectivity index (χ1v) is 3.91. The molecule has 1 heterocycles. The van der Waals surface area contributed by atoms with Crippen LogP contribution < -0.4 is 5.73 Å². The van der Waals surface area contributed by atoms with E-state index in [0.717, 1.165) is 5.70 Å². The second-order valence-electron chi connectivity index (χ2n) is 2.75. The highest BCUT2D eigenvalue weighted by Crippen LogP contribution is 2.11. The molecule has 1 aliphatic heterocycles. The lowest BCUT2D eigenvalue weighted by atomic mass is 10.1. The summed E-state index contributed by atoms with van der Waals surface area (Å²) in [6.07, 6.45) is 3.91. The average molecular weight is 172 g/mol. The summed E-state index contributed by atoms with van der Waals surface area (Å²) in [6.45, 7) is 1.09. The van der Waals surface area contributed by atoms with Gasteiger partial charge in [0.2, 0.25) is 0 Å². The topological polar surface area (TPSA) is 47.6 Å². The first-order valence-electron chi connectivity index (χ1n) is 3.91. The molecule has 2 unspecified atom stereocenters. The SMILES string of the molecule is CC(N)C1=CCC(OCF)C=N1. The minimum Gasteiger partial charge on any atom is -0.341 e. The first-order chi connectivity index (χ1) is 5.74. The van der Waals surface area contributed by atoms with Gasteiger partial charge in [-0.05, 0) is 13.3 Å². The van der Waals surface area contributed by atoms with E-state index in [1.54, 1.807) is 6.21 Å². The summed E-state index contributed by atoms with van der Waals surface area (Å²) in [5, 5.41) is 0. The maximum Gasteiger partial charge on any atom is 0.189 e. The van der Waals surface area contributed by atoms with Crippen LogP contribution in [-0.4, -0.2) is 25.2 Å². The molecule has 0 saturated heterocycles. The standard InChI is InChI=1S/C8H13FN2O/c1-6(10)8-3-2-7(4-11-8)12-5-9/h3-4,6-7H,2,5,10H2,1H3. The number of ether oxygens (including phenoxy) is 1. The third kappa shape index (κ3) is 2.39. The maximum atomic E-state index is 11.7. The molecular weight excluding hydrogens is 159 g/mol. The predicted octanol–water partition coefficient (Wildman–Crippen LogP) is 1.00. The van der Waals surface area contributed by atoms with E-state index in [1.165, 1.54) is 0 Å². The lowest BCUT2D eigenvalue weighted by Gasteiger charge is -2.15. The van der Waals surface area contributed by atoms with Gasteiger partial charge in [-0.3, -0.25) is 4.99 Å². The van der Waals surface area contributed by atoms with Gasteiger partial charge in [-0.2, -0.15) is 0 Å². The van der Waals surface area contributed by atoms with Crippen molar-refractivity contribution in [2.75, 3.05) is 6.86 Å². The van der Waals surface area contributed by atoms with Crippen molar-refractivity contribution in [2.45, 2.75) is 25.5 Å². The van der Waals surface area contributed by atoms with Gasteiger partial charge in [-0.15, -0.1) is 0 Å². The van der Waals surface area contributed by atoms with E-state index >= 15 is 0 Å². The fraction of sp³-hybridized carbons (Fsp3) is 0.625. The number of aliphatic imine (C=N–C) groups is 1. The lowest BCUT2D eigenvalue weighted by Crippen LogP contribution is -2.22. The van der Waals surface area contributed by atoms with Gasteiger partial charge in [0.1, 0.15) is 0 Å². The van der Waals surface area contributed by atoms with Crippen LogP contribution in [0.25, 0.3) is 0 Å². The van der Waals surface area contributed by atoms with Crippen molar-refractivity contribution in [1.29, 1.82) is 0 Å². The monoisotopic (exact) mass is 172 g/mol. The molecule has 0 fully saturated rings. The molecule has 0 spiro atoms. The van der Waals surface area contributed by atoms with Crippen LogP contribution in [0.5, 0.6) is 0 Å². The molecule has 0 amide bonds. The third-order valence-electron chi connectivity index (χ3n) is 1.69. The van der Waals surface area contributed by atoms with Gasteiger partial charge in [0, 0.05) is 12.3 Å². The molecular formula is C8H13FN2O. The van der Waals surface area contributed by atoms with Gasteiger partial charge >= 0.3 is 0 Å². The molecule has 2 N–H and O–H groups in total. The lowest BCUT2D eigenvalue weighted by molar-refractivity contribution is 0.0329. The largest absolute Gasteiger partial charge is 0.341 e.